The molecule has 0 spiro atoms. The third-order valence-electron chi connectivity index (χ3n) is 2.41. The Kier molecular flexibility index (Phi) is 4.52. The fourth-order valence-electron chi connectivity index (χ4n) is 1.30. The Labute approximate surface area is 112 Å². The fraction of sp³-hybridized carbons (Fsp3) is 0.500. The highest BCUT2D eigenvalue weighted by Gasteiger charge is 2.20. The van der Waals surface area contributed by atoms with Gasteiger partial charge in [-0.15, -0.1) is 0 Å². The molecule has 6 nitrogen and oxygen atoms in total. The van der Waals surface area contributed by atoms with E-state index >= 15 is 0 Å². The van der Waals surface area contributed by atoms with Crippen molar-refractivity contribution < 1.29 is 18.3 Å². The second-order valence-electron chi connectivity index (χ2n) is 5.44. The van der Waals surface area contributed by atoms with E-state index in [1.54, 1.807) is 0 Å². The van der Waals surface area contributed by atoms with E-state index in [0.29, 0.717) is 6.42 Å². The van der Waals surface area contributed by atoms with E-state index in [1.165, 1.54) is 18.3 Å². The summed E-state index contributed by atoms with van der Waals surface area (Å²) in [6, 6.07) is 2.74. The Hall–Kier alpha value is -1.63. The molecule has 19 heavy (non-hydrogen) atoms. The van der Waals surface area contributed by atoms with Crippen molar-refractivity contribution in [2.24, 2.45) is 5.41 Å². The van der Waals surface area contributed by atoms with Crippen LogP contribution in [0.3, 0.4) is 0 Å². The Morgan fingerprint density at radius 2 is 2.05 bits per heavy atom. The molecule has 7 heteroatoms. The van der Waals surface area contributed by atoms with Gasteiger partial charge in [-0.3, -0.25) is 4.72 Å². The second-order valence-corrected chi connectivity index (χ2v) is 7.28. The number of rotatable bonds is 5. The number of nitrogens with zero attached hydrogens (tertiary/aromatic N) is 1. The zero-order valence-corrected chi connectivity index (χ0v) is 12.0. The molecule has 0 saturated heterocycles. The van der Waals surface area contributed by atoms with E-state index in [4.69, 9.17) is 5.11 Å². The Morgan fingerprint density at radius 3 is 2.58 bits per heavy atom. The van der Waals surface area contributed by atoms with Gasteiger partial charge in [-0.2, -0.15) is 0 Å². The van der Waals surface area contributed by atoms with Gasteiger partial charge in [0.1, 0.15) is 5.56 Å². The highest BCUT2D eigenvalue weighted by molar-refractivity contribution is 7.92. The highest BCUT2D eigenvalue weighted by Crippen LogP contribution is 2.20. The van der Waals surface area contributed by atoms with Gasteiger partial charge in [0.2, 0.25) is 10.0 Å². The van der Waals surface area contributed by atoms with Crippen LogP contribution < -0.4 is 4.72 Å². The average molecular weight is 286 g/mol. The van der Waals surface area contributed by atoms with Gasteiger partial charge >= 0.3 is 5.97 Å². The first-order valence-electron chi connectivity index (χ1n) is 5.79. The molecule has 0 amide bonds. The monoisotopic (exact) mass is 286 g/mol. The van der Waals surface area contributed by atoms with Crippen molar-refractivity contribution in [2.45, 2.75) is 27.2 Å². The lowest BCUT2D eigenvalue weighted by Gasteiger charge is -2.18. The largest absolute Gasteiger partial charge is 0.478 e. The molecule has 1 rings (SSSR count). The highest BCUT2D eigenvalue weighted by atomic mass is 32.2. The molecule has 0 aliphatic rings. The van der Waals surface area contributed by atoms with Crippen LogP contribution in [0, 0.1) is 5.41 Å². The first kappa shape index (κ1) is 15.4. The van der Waals surface area contributed by atoms with Crippen LogP contribution in [0.1, 0.15) is 37.6 Å². The first-order chi connectivity index (χ1) is 8.61. The van der Waals surface area contributed by atoms with Crippen molar-refractivity contribution in [3.63, 3.8) is 0 Å². The van der Waals surface area contributed by atoms with Crippen molar-refractivity contribution in [1.82, 2.24) is 4.98 Å². The minimum absolute atomic E-state index is 0.0772. The fourth-order valence-corrected chi connectivity index (χ4v) is 2.74. The van der Waals surface area contributed by atoms with Gasteiger partial charge < -0.3 is 5.11 Å². The molecule has 0 bridgehead atoms. The molecule has 2 N–H and O–H groups in total. The first-order valence-corrected chi connectivity index (χ1v) is 7.45. The molecule has 106 valence electrons. The summed E-state index contributed by atoms with van der Waals surface area (Å²) in [5.74, 6) is -1.45. The number of aromatic carboxylic acids is 1. The molecule has 0 fully saturated rings. The predicted molar refractivity (Wildman–Crippen MR) is 72.7 cm³/mol. The van der Waals surface area contributed by atoms with Gasteiger partial charge in [-0.05, 0) is 24.0 Å². The number of carbonyl (C=O) groups is 1. The van der Waals surface area contributed by atoms with Crippen LogP contribution in [0.25, 0.3) is 0 Å². The minimum atomic E-state index is -3.60. The summed E-state index contributed by atoms with van der Waals surface area (Å²) in [5.41, 5.74) is -0.282. The van der Waals surface area contributed by atoms with Gasteiger partial charge in [0.15, 0.2) is 5.82 Å². The Bertz CT molecular complexity index is 561. The van der Waals surface area contributed by atoms with Gasteiger partial charge in [0.05, 0.1) is 5.75 Å². The molecule has 0 atom stereocenters. The predicted octanol–water partition coefficient (Wildman–Crippen LogP) is 1.96. The van der Waals surface area contributed by atoms with Crippen LogP contribution in [0.4, 0.5) is 5.82 Å². The minimum Gasteiger partial charge on any atom is -0.478 e. The van der Waals surface area contributed by atoms with Gasteiger partial charge in [0, 0.05) is 6.20 Å². The third-order valence-corrected chi connectivity index (χ3v) is 3.66. The molecule has 1 heterocycles. The zero-order valence-electron chi connectivity index (χ0n) is 11.2. The topological polar surface area (TPSA) is 96.4 Å². The maximum absolute atomic E-state index is 11.9. The molecule has 1 aromatic heterocycles. The van der Waals surface area contributed by atoms with Crippen molar-refractivity contribution >= 4 is 21.8 Å². The number of hydrogen-bond acceptors (Lipinski definition) is 4. The lowest BCUT2D eigenvalue weighted by Crippen LogP contribution is -2.22. The summed E-state index contributed by atoms with van der Waals surface area (Å²) in [6.07, 6.45) is 1.81. The molecule has 0 aliphatic carbocycles. The number of anilines is 1. The number of hydrogen-bond donors (Lipinski definition) is 2. The van der Waals surface area contributed by atoms with Crippen LogP contribution in [0.15, 0.2) is 18.3 Å². The van der Waals surface area contributed by atoms with E-state index in [9.17, 15) is 13.2 Å². The lowest BCUT2D eigenvalue weighted by atomic mass is 9.94. The van der Waals surface area contributed by atoms with Crippen LogP contribution in [-0.4, -0.2) is 30.2 Å². The summed E-state index contributed by atoms with van der Waals surface area (Å²) >= 11 is 0. The summed E-state index contributed by atoms with van der Waals surface area (Å²) in [5, 5.41) is 8.95. The second kappa shape index (κ2) is 5.56. The molecular formula is C12H18N2O4S. The zero-order chi connectivity index (χ0) is 14.7. The summed E-state index contributed by atoms with van der Waals surface area (Å²) in [6.45, 7) is 5.81. The summed E-state index contributed by atoms with van der Waals surface area (Å²) in [7, 11) is -3.60. The van der Waals surface area contributed by atoms with Crippen molar-refractivity contribution in [1.29, 1.82) is 0 Å². The molecule has 1 aromatic rings. The number of aromatic nitrogens is 1. The number of pyridine rings is 1. The van der Waals surface area contributed by atoms with Crippen molar-refractivity contribution in [2.75, 3.05) is 10.5 Å². The van der Waals surface area contributed by atoms with E-state index in [0.717, 1.165) is 0 Å². The quantitative estimate of drug-likeness (QED) is 0.862. The Morgan fingerprint density at radius 1 is 1.42 bits per heavy atom. The van der Waals surface area contributed by atoms with Crippen LogP contribution in [0.5, 0.6) is 0 Å². The number of nitrogens with one attached hydrogen (secondary N) is 1. The number of sulfonamides is 1. The summed E-state index contributed by atoms with van der Waals surface area (Å²) in [4.78, 5) is 14.7. The third kappa shape index (κ3) is 5.25. The van der Waals surface area contributed by atoms with E-state index in [1.807, 2.05) is 20.8 Å². The maximum atomic E-state index is 11.9. The SMILES string of the molecule is CC(C)(C)CCS(=O)(=O)Nc1ncccc1C(=O)O. The van der Waals surface area contributed by atoms with E-state index < -0.39 is 16.0 Å². The number of carboxylic acids is 1. The maximum Gasteiger partial charge on any atom is 0.339 e. The lowest BCUT2D eigenvalue weighted by molar-refractivity contribution is 0.0697. The van der Waals surface area contributed by atoms with Crippen LogP contribution >= 0.6 is 0 Å². The molecule has 0 aromatic carbocycles. The van der Waals surface area contributed by atoms with Gasteiger partial charge in [0.25, 0.3) is 0 Å². The molecule has 0 unspecified atom stereocenters. The van der Waals surface area contributed by atoms with Gasteiger partial charge in [-0.1, -0.05) is 20.8 Å². The summed E-state index contributed by atoms with van der Waals surface area (Å²) < 4.78 is 26.0. The van der Waals surface area contributed by atoms with Crippen molar-refractivity contribution in [3.8, 4) is 0 Å². The molecule has 0 aliphatic heterocycles. The Balaban J connectivity index is 2.87. The van der Waals surface area contributed by atoms with Crippen molar-refractivity contribution in [3.05, 3.63) is 23.9 Å². The standard InChI is InChI=1S/C12H18N2O4S/c1-12(2,3)6-8-19(17,18)14-10-9(11(15)16)5-4-7-13-10/h4-5,7H,6,8H2,1-3H3,(H,13,14)(H,15,16). The molecular weight excluding hydrogens is 268 g/mol. The average Bonchev–Trinajstić information content (AvgIpc) is 2.26. The van der Waals surface area contributed by atoms with Crippen LogP contribution in [0.2, 0.25) is 0 Å². The molecule has 0 radical (unpaired) electrons. The normalized spacial score (nSPS) is 12.2. The number of carboxylic acid groups (broad SMARTS) is 1. The van der Waals surface area contributed by atoms with Crippen LogP contribution in [-0.2, 0) is 10.0 Å². The van der Waals surface area contributed by atoms with Gasteiger partial charge in [-0.25, -0.2) is 18.2 Å². The van der Waals surface area contributed by atoms with E-state index in [2.05, 4.69) is 9.71 Å². The smallest absolute Gasteiger partial charge is 0.339 e. The van der Waals surface area contributed by atoms with E-state index in [-0.39, 0.29) is 22.5 Å². The molecule has 0 saturated carbocycles.